The summed E-state index contributed by atoms with van der Waals surface area (Å²) in [5, 5.41) is 8.11. The van der Waals surface area contributed by atoms with E-state index < -0.39 is 0 Å². The summed E-state index contributed by atoms with van der Waals surface area (Å²) in [6.07, 6.45) is 1.63. The van der Waals surface area contributed by atoms with Crippen LogP contribution < -0.4 is 15.6 Å². The number of carbonyl (C=O) groups is 1. The third-order valence-corrected chi connectivity index (χ3v) is 5.87. The number of carbonyl (C=O) groups excluding carboxylic acids is 1. The molecule has 5 heteroatoms. The van der Waals surface area contributed by atoms with E-state index in [-0.39, 0.29) is 29.3 Å². The van der Waals surface area contributed by atoms with Crippen LogP contribution in [0.25, 0.3) is 0 Å². The van der Waals surface area contributed by atoms with Crippen LogP contribution in [-0.2, 0) is 4.79 Å². The maximum absolute atomic E-state index is 13.1. The second-order valence-electron chi connectivity index (χ2n) is 8.80. The van der Waals surface area contributed by atoms with Gasteiger partial charge in [-0.2, -0.15) is 5.10 Å². The highest BCUT2D eigenvalue weighted by Gasteiger charge is 2.47. The summed E-state index contributed by atoms with van der Waals surface area (Å²) < 4.78 is 0. The molecular formula is C21H28N4O. The minimum absolute atomic E-state index is 0.0139. The summed E-state index contributed by atoms with van der Waals surface area (Å²) in [5.74, 6) is 0.467. The SMILES string of the molecule is CC1=NN[C@@H]2N[C@@H](c3ccc(N(C)C)cc3)C3=C(CC(C)(C)CC3=O)[C@@H]12. The van der Waals surface area contributed by atoms with Crippen molar-refractivity contribution in [3.63, 3.8) is 0 Å². The first-order chi connectivity index (χ1) is 12.3. The quantitative estimate of drug-likeness (QED) is 0.859. The van der Waals surface area contributed by atoms with Gasteiger partial charge in [0.1, 0.15) is 6.17 Å². The van der Waals surface area contributed by atoms with Crippen molar-refractivity contribution in [1.82, 2.24) is 10.7 Å². The fourth-order valence-electron chi connectivity index (χ4n) is 4.64. The Morgan fingerprint density at radius 3 is 2.50 bits per heavy atom. The monoisotopic (exact) mass is 352 g/mol. The third kappa shape index (κ3) is 2.75. The molecule has 2 aliphatic heterocycles. The minimum atomic E-state index is -0.0698. The van der Waals surface area contributed by atoms with Crippen LogP contribution >= 0.6 is 0 Å². The molecule has 0 spiro atoms. The van der Waals surface area contributed by atoms with Crippen molar-refractivity contribution >= 4 is 17.2 Å². The summed E-state index contributed by atoms with van der Waals surface area (Å²) in [7, 11) is 4.07. The van der Waals surface area contributed by atoms with Gasteiger partial charge in [-0.15, -0.1) is 0 Å². The van der Waals surface area contributed by atoms with Crippen LogP contribution in [0.4, 0.5) is 5.69 Å². The Kier molecular flexibility index (Phi) is 3.95. The number of rotatable bonds is 2. The molecule has 138 valence electrons. The van der Waals surface area contributed by atoms with Crippen molar-refractivity contribution in [3.8, 4) is 0 Å². The van der Waals surface area contributed by atoms with Crippen LogP contribution in [0.1, 0.15) is 45.2 Å². The van der Waals surface area contributed by atoms with E-state index in [1.165, 1.54) is 5.57 Å². The predicted octanol–water partition coefficient (Wildman–Crippen LogP) is 3.00. The van der Waals surface area contributed by atoms with E-state index in [0.717, 1.165) is 29.0 Å². The summed E-state index contributed by atoms with van der Waals surface area (Å²) in [5.41, 5.74) is 8.87. The van der Waals surface area contributed by atoms with Gasteiger partial charge in [0.25, 0.3) is 0 Å². The molecule has 0 unspecified atom stereocenters. The molecule has 26 heavy (non-hydrogen) atoms. The van der Waals surface area contributed by atoms with Crippen molar-refractivity contribution in [2.75, 3.05) is 19.0 Å². The normalized spacial score (nSPS) is 29.7. The van der Waals surface area contributed by atoms with Crippen molar-refractivity contribution in [2.45, 2.75) is 45.8 Å². The third-order valence-electron chi connectivity index (χ3n) is 5.87. The maximum atomic E-state index is 13.1. The molecule has 1 aromatic rings. The number of hydrogen-bond donors (Lipinski definition) is 2. The Morgan fingerprint density at radius 1 is 1.15 bits per heavy atom. The van der Waals surface area contributed by atoms with E-state index in [9.17, 15) is 4.79 Å². The minimum Gasteiger partial charge on any atom is -0.378 e. The lowest BCUT2D eigenvalue weighted by atomic mass is 9.66. The standard InChI is InChI=1S/C21H28N4O/c1-12-17-15-10-21(2,3)11-16(26)18(15)19(22-20(17)24-23-12)13-6-8-14(9-7-13)25(4)5/h6-9,17,19-20,22,24H,10-11H2,1-5H3/t17-,19+,20+/m1/s1. The zero-order valence-electron chi connectivity index (χ0n) is 16.3. The number of hydrogen-bond acceptors (Lipinski definition) is 5. The lowest BCUT2D eigenvalue weighted by molar-refractivity contribution is -0.118. The van der Waals surface area contributed by atoms with Gasteiger partial charge < -0.3 is 4.90 Å². The molecular weight excluding hydrogens is 324 g/mol. The highest BCUT2D eigenvalue weighted by Crippen LogP contribution is 2.47. The Balaban J connectivity index is 1.79. The van der Waals surface area contributed by atoms with Crippen molar-refractivity contribution in [1.29, 1.82) is 0 Å². The van der Waals surface area contributed by atoms with E-state index in [4.69, 9.17) is 0 Å². The molecule has 0 fully saturated rings. The maximum Gasteiger partial charge on any atom is 0.161 e. The Labute approximate surface area is 155 Å². The molecule has 3 aliphatic rings. The van der Waals surface area contributed by atoms with Crippen molar-refractivity contribution in [2.24, 2.45) is 16.4 Å². The second kappa shape index (κ2) is 5.95. The number of hydrazone groups is 1. The Bertz CT molecular complexity index is 804. The first-order valence-electron chi connectivity index (χ1n) is 9.36. The number of Topliss-reactive ketones (excluding diaryl/α,β-unsaturated/α-hetero) is 1. The van der Waals surface area contributed by atoms with E-state index in [2.05, 4.69) is 65.8 Å². The molecule has 4 rings (SSSR count). The van der Waals surface area contributed by atoms with Crippen LogP contribution in [0.2, 0.25) is 0 Å². The van der Waals surface area contributed by atoms with Crippen molar-refractivity contribution < 1.29 is 4.79 Å². The van der Waals surface area contributed by atoms with E-state index in [0.29, 0.717) is 6.42 Å². The molecule has 2 N–H and O–H groups in total. The number of ketones is 1. The number of nitrogens with zero attached hydrogens (tertiary/aromatic N) is 2. The number of benzene rings is 1. The first kappa shape index (κ1) is 17.3. The molecule has 3 atom stereocenters. The zero-order chi connectivity index (χ0) is 18.6. The fourth-order valence-corrected chi connectivity index (χ4v) is 4.64. The summed E-state index contributed by atoms with van der Waals surface area (Å²) in [6.45, 7) is 6.45. The lowest BCUT2D eigenvalue weighted by Crippen LogP contribution is -2.52. The molecule has 0 amide bonds. The molecule has 5 nitrogen and oxygen atoms in total. The lowest BCUT2D eigenvalue weighted by Gasteiger charge is -2.43. The Morgan fingerprint density at radius 2 is 1.85 bits per heavy atom. The van der Waals surface area contributed by atoms with Gasteiger partial charge in [-0.05, 0) is 42.0 Å². The molecule has 0 saturated carbocycles. The Hall–Kier alpha value is -2.14. The summed E-state index contributed by atoms with van der Waals surface area (Å²) in [4.78, 5) is 15.2. The molecule has 0 radical (unpaired) electrons. The number of nitrogens with one attached hydrogen (secondary N) is 2. The molecule has 0 saturated heterocycles. The van der Waals surface area contributed by atoms with Crippen LogP contribution in [-0.4, -0.2) is 31.8 Å². The number of fused-ring (bicyclic) bond motifs is 2. The molecule has 0 bridgehead atoms. The summed E-state index contributed by atoms with van der Waals surface area (Å²) >= 11 is 0. The number of anilines is 1. The fraction of sp³-hybridized carbons (Fsp3) is 0.524. The van der Waals surface area contributed by atoms with Crippen LogP contribution in [0.5, 0.6) is 0 Å². The average Bonchev–Trinajstić information content (AvgIpc) is 2.94. The van der Waals surface area contributed by atoms with Gasteiger partial charge in [-0.25, -0.2) is 0 Å². The van der Waals surface area contributed by atoms with E-state index in [1.54, 1.807) is 0 Å². The molecule has 1 aromatic carbocycles. The van der Waals surface area contributed by atoms with E-state index in [1.807, 2.05) is 14.1 Å². The van der Waals surface area contributed by atoms with Gasteiger partial charge in [-0.1, -0.05) is 26.0 Å². The van der Waals surface area contributed by atoms with Gasteiger partial charge in [0.05, 0.1) is 12.0 Å². The van der Waals surface area contributed by atoms with Gasteiger partial charge in [0.15, 0.2) is 5.78 Å². The predicted molar refractivity (Wildman–Crippen MR) is 105 cm³/mol. The van der Waals surface area contributed by atoms with Gasteiger partial charge in [0.2, 0.25) is 0 Å². The molecule has 0 aromatic heterocycles. The van der Waals surface area contributed by atoms with Gasteiger partial charge >= 0.3 is 0 Å². The smallest absolute Gasteiger partial charge is 0.161 e. The average molecular weight is 352 g/mol. The van der Waals surface area contributed by atoms with E-state index >= 15 is 0 Å². The van der Waals surface area contributed by atoms with Crippen LogP contribution in [0.15, 0.2) is 40.5 Å². The van der Waals surface area contributed by atoms with Gasteiger partial charge in [-0.3, -0.25) is 15.5 Å². The van der Waals surface area contributed by atoms with Crippen molar-refractivity contribution in [3.05, 3.63) is 41.0 Å². The topological polar surface area (TPSA) is 56.7 Å². The van der Waals surface area contributed by atoms with Crippen LogP contribution in [0, 0.1) is 11.3 Å². The highest BCUT2D eigenvalue weighted by molar-refractivity contribution is 6.01. The second-order valence-corrected chi connectivity index (χ2v) is 8.80. The van der Waals surface area contributed by atoms with Crippen LogP contribution in [0.3, 0.4) is 0 Å². The molecule has 2 heterocycles. The van der Waals surface area contributed by atoms with Gasteiger partial charge in [0, 0.05) is 37.5 Å². The highest BCUT2D eigenvalue weighted by atomic mass is 16.1. The summed E-state index contributed by atoms with van der Waals surface area (Å²) in [6, 6.07) is 8.43. The largest absolute Gasteiger partial charge is 0.378 e. The molecule has 1 aliphatic carbocycles. The first-order valence-corrected chi connectivity index (χ1v) is 9.36. The zero-order valence-corrected chi connectivity index (χ0v) is 16.3.